The standard InChI is InChI=1S/C13H14Cl2N2/c1-8-7-11(8)17-12(5-6-14)16-10-4-2-3-9(15)13(10)17/h2-4,8,11H,5-7H2,1H3. The Hall–Kier alpha value is -0.730. The predicted molar refractivity (Wildman–Crippen MR) is 72.0 cm³/mol. The van der Waals surface area contributed by atoms with Crippen molar-refractivity contribution >= 4 is 34.2 Å². The van der Waals surface area contributed by atoms with Crippen molar-refractivity contribution in [3.05, 3.63) is 29.0 Å². The number of rotatable bonds is 3. The highest BCUT2D eigenvalue weighted by Crippen LogP contribution is 2.46. The van der Waals surface area contributed by atoms with Crippen molar-refractivity contribution in [2.75, 3.05) is 5.88 Å². The Morgan fingerprint density at radius 3 is 2.88 bits per heavy atom. The molecule has 1 aliphatic rings. The van der Waals surface area contributed by atoms with E-state index in [1.54, 1.807) is 0 Å². The average molecular weight is 269 g/mol. The molecule has 0 N–H and O–H groups in total. The molecule has 1 fully saturated rings. The fourth-order valence-corrected chi connectivity index (χ4v) is 2.86. The van der Waals surface area contributed by atoms with Gasteiger partial charge >= 0.3 is 0 Å². The third kappa shape index (κ3) is 1.84. The molecule has 0 saturated heterocycles. The monoisotopic (exact) mass is 268 g/mol. The molecule has 1 aromatic carbocycles. The van der Waals surface area contributed by atoms with E-state index in [9.17, 15) is 0 Å². The van der Waals surface area contributed by atoms with Gasteiger partial charge in [0.1, 0.15) is 5.82 Å². The first-order valence-electron chi connectivity index (χ1n) is 5.93. The Bertz CT molecular complexity index is 562. The van der Waals surface area contributed by atoms with Gasteiger partial charge in [-0.2, -0.15) is 0 Å². The van der Waals surface area contributed by atoms with Crippen molar-refractivity contribution in [3.63, 3.8) is 0 Å². The van der Waals surface area contributed by atoms with Crippen molar-refractivity contribution in [1.29, 1.82) is 0 Å². The lowest BCUT2D eigenvalue weighted by Gasteiger charge is -2.08. The van der Waals surface area contributed by atoms with Gasteiger partial charge in [-0.1, -0.05) is 24.6 Å². The van der Waals surface area contributed by atoms with Crippen molar-refractivity contribution in [2.45, 2.75) is 25.8 Å². The molecule has 2 nitrogen and oxygen atoms in total. The number of hydrogen-bond acceptors (Lipinski definition) is 1. The van der Waals surface area contributed by atoms with Crippen molar-refractivity contribution in [1.82, 2.24) is 9.55 Å². The molecule has 0 spiro atoms. The summed E-state index contributed by atoms with van der Waals surface area (Å²) in [6, 6.07) is 6.45. The SMILES string of the molecule is CC1CC1n1c(CCCl)nc2cccc(Cl)c21. The summed E-state index contributed by atoms with van der Waals surface area (Å²) in [5, 5.41) is 0.787. The van der Waals surface area contributed by atoms with Crippen LogP contribution in [0.15, 0.2) is 18.2 Å². The number of para-hydroxylation sites is 1. The fourth-order valence-electron chi connectivity index (χ4n) is 2.43. The summed E-state index contributed by atoms with van der Waals surface area (Å²) >= 11 is 12.2. The highest BCUT2D eigenvalue weighted by molar-refractivity contribution is 6.35. The lowest BCUT2D eigenvalue weighted by atomic mass is 10.3. The topological polar surface area (TPSA) is 17.8 Å². The van der Waals surface area contributed by atoms with Gasteiger partial charge in [-0.15, -0.1) is 11.6 Å². The Morgan fingerprint density at radius 2 is 2.24 bits per heavy atom. The molecule has 0 bridgehead atoms. The number of alkyl halides is 1. The lowest BCUT2D eigenvalue weighted by Crippen LogP contribution is -2.03. The summed E-state index contributed by atoms with van der Waals surface area (Å²) < 4.78 is 2.30. The number of fused-ring (bicyclic) bond motifs is 1. The van der Waals surface area contributed by atoms with Crippen LogP contribution >= 0.6 is 23.2 Å². The van der Waals surface area contributed by atoms with Gasteiger partial charge in [0.05, 0.1) is 16.1 Å². The molecule has 17 heavy (non-hydrogen) atoms. The minimum Gasteiger partial charge on any atom is -0.323 e. The van der Waals surface area contributed by atoms with Crippen LogP contribution < -0.4 is 0 Å². The second-order valence-corrected chi connectivity index (χ2v) is 5.51. The molecule has 0 amide bonds. The zero-order valence-corrected chi connectivity index (χ0v) is 11.2. The summed E-state index contributed by atoms with van der Waals surface area (Å²) in [5.74, 6) is 2.39. The Kier molecular flexibility index (Phi) is 2.80. The van der Waals surface area contributed by atoms with E-state index in [0.29, 0.717) is 11.9 Å². The number of aryl methyl sites for hydroxylation is 1. The van der Waals surface area contributed by atoms with Gasteiger partial charge in [-0.3, -0.25) is 0 Å². The van der Waals surface area contributed by atoms with Crippen LogP contribution in [0.25, 0.3) is 11.0 Å². The molecule has 1 heterocycles. The molecule has 0 aliphatic heterocycles. The van der Waals surface area contributed by atoms with Crippen LogP contribution in [0.2, 0.25) is 5.02 Å². The van der Waals surface area contributed by atoms with Gasteiger partial charge in [0.15, 0.2) is 0 Å². The maximum Gasteiger partial charge on any atom is 0.111 e. The van der Waals surface area contributed by atoms with E-state index in [-0.39, 0.29) is 0 Å². The quantitative estimate of drug-likeness (QED) is 0.768. The molecule has 3 rings (SSSR count). The number of benzene rings is 1. The highest BCUT2D eigenvalue weighted by atomic mass is 35.5. The van der Waals surface area contributed by atoms with Gasteiger partial charge in [0.2, 0.25) is 0 Å². The van der Waals surface area contributed by atoms with Gasteiger partial charge in [0.25, 0.3) is 0 Å². The van der Waals surface area contributed by atoms with Crippen LogP contribution in [-0.2, 0) is 6.42 Å². The molecule has 1 saturated carbocycles. The predicted octanol–water partition coefficient (Wildman–Crippen LogP) is 4.05. The summed E-state index contributed by atoms with van der Waals surface area (Å²) in [6.45, 7) is 2.26. The van der Waals surface area contributed by atoms with Crippen LogP contribution in [0, 0.1) is 5.92 Å². The first kappa shape index (κ1) is 11.4. The number of nitrogens with zero attached hydrogens (tertiary/aromatic N) is 2. The minimum atomic E-state index is 0.554. The Balaban J connectivity index is 2.22. The third-order valence-corrected chi connectivity index (χ3v) is 3.94. The molecular formula is C13H14Cl2N2. The normalized spacial score (nSPS) is 23.2. The molecule has 0 radical (unpaired) electrons. The number of hydrogen-bond donors (Lipinski definition) is 0. The van der Waals surface area contributed by atoms with Crippen LogP contribution in [0.3, 0.4) is 0 Å². The van der Waals surface area contributed by atoms with Gasteiger partial charge in [-0.25, -0.2) is 4.98 Å². The van der Waals surface area contributed by atoms with Gasteiger partial charge < -0.3 is 4.57 Å². The van der Waals surface area contributed by atoms with E-state index in [1.807, 2.05) is 18.2 Å². The average Bonchev–Trinajstić information content (AvgIpc) is 2.88. The summed E-state index contributed by atoms with van der Waals surface area (Å²) in [4.78, 5) is 4.65. The van der Waals surface area contributed by atoms with Crippen molar-refractivity contribution in [3.8, 4) is 0 Å². The largest absolute Gasteiger partial charge is 0.323 e. The zero-order valence-electron chi connectivity index (χ0n) is 9.66. The van der Waals surface area contributed by atoms with Gasteiger partial charge in [-0.05, 0) is 24.5 Å². The van der Waals surface area contributed by atoms with E-state index in [1.165, 1.54) is 6.42 Å². The molecule has 2 unspecified atom stereocenters. The number of aromatic nitrogens is 2. The van der Waals surface area contributed by atoms with Crippen molar-refractivity contribution in [2.24, 2.45) is 5.92 Å². The highest BCUT2D eigenvalue weighted by Gasteiger charge is 2.37. The van der Waals surface area contributed by atoms with Crippen LogP contribution in [-0.4, -0.2) is 15.4 Å². The summed E-state index contributed by atoms with van der Waals surface area (Å²) in [6.07, 6.45) is 2.02. The number of halogens is 2. The minimum absolute atomic E-state index is 0.554. The van der Waals surface area contributed by atoms with E-state index in [2.05, 4.69) is 16.5 Å². The summed E-state index contributed by atoms with van der Waals surface area (Å²) in [5.41, 5.74) is 2.06. The first-order valence-corrected chi connectivity index (χ1v) is 6.85. The molecular weight excluding hydrogens is 255 g/mol. The molecule has 1 aromatic heterocycles. The third-order valence-electron chi connectivity index (χ3n) is 3.45. The van der Waals surface area contributed by atoms with E-state index in [4.69, 9.17) is 23.2 Å². The van der Waals surface area contributed by atoms with Crippen molar-refractivity contribution < 1.29 is 0 Å². The molecule has 1 aliphatic carbocycles. The molecule has 2 aromatic rings. The Morgan fingerprint density at radius 1 is 1.47 bits per heavy atom. The van der Waals surface area contributed by atoms with E-state index >= 15 is 0 Å². The Labute approximate surface area is 111 Å². The smallest absolute Gasteiger partial charge is 0.111 e. The maximum atomic E-state index is 6.30. The first-order chi connectivity index (χ1) is 8.22. The zero-order chi connectivity index (χ0) is 12.0. The van der Waals surface area contributed by atoms with Crippen LogP contribution in [0.5, 0.6) is 0 Å². The second kappa shape index (κ2) is 4.18. The fraction of sp³-hybridized carbons (Fsp3) is 0.462. The van der Waals surface area contributed by atoms with E-state index < -0.39 is 0 Å². The molecule has 2 atom stereocenters. The second-order valence-electron chi connectivity index (χ2n) is 4.72. The van der Waals surface area contributed by atoms with Crippen LogP contribution in [0.1, 0.15) is 25.2 Å². The number of imidazole rings is 1. The van der Waals surface area contributed by atoms with E-state index in [0.717, 1.165) is 34.2 Å². The summed E-state index contributed by atoms with van der Waals surface area (Å²) in [7, 11) is 0. The lowest BCUT2D eigenvalue weighted by molar-refractivity contribution is 0.665. The van der Waals surface area contributed by atoms with Gasteiger partial charge in [0, 0.05) is 18.3 Å². The molecule has 4 heteroatoms. The van der Waals surface area contributed by atoms with Crippen LogP contribution in [0.4, 0.5) is 0 Å². The molecule has 90 valence electrons. The maximum absolute atomic E-state index is 6.30.